The van der Waals surface area contributed by atoms with Crippen LogP contribution in [0.2, 0.25) is 0 Å². The number of benzene rings is 1. The third kappa shape index (κ3) is 1.98. The number of hydrogen-bond acceptors (Lipinski definition) is 6. The Labute approximate surface area is 104 Å². The maximum absolute atomic E-state index is 9.80. The van der Waals surface area contributed by atoms with Crippen LogP contribution in [0.3, 0.4) is 0 Å². The van der Waals surface area contributed by atoms with Crippen LogP contribution < -0.4 is 0 Å². The minimum absolute atomic E-state index is 0.0279. The van der Waals surface area contributed by atoms with Crippen LogP contribution in [0.25, 0.3) is 11.0 Å². The van der Waals surface area contributed by atoms with E-state index in [0.29, 0.717) is 19.8 Å². The van der Waals surface area contributed by atoms with Gasteiger partial charge >= 0.3 is 0 Å². The Morgan fingerprint density at radius 1 is 1.39 bits per heavy atom. The lowest BCUT2D eigenvalue weighted by atomic mass is 10.1. The molecule has 18 heavy (non-hydrogen) atoms. The second kappa shape index (κ2) is 4.64. The number of hydrogen-bond donors (Lipinski definition) is 1. The Hall–Kier alpha value is -1.50. The largest absolute Gasteiger partial charge is 0.389 e. The van der Waals surface area contributed by atoms with E-state index in [2.05, 4.69) is 15.2 Å². The maximum Gasteiger partial charge on any atom is 0.139 e. The van der Waals surface area contributed by atoms with E-state index in [1.54, 1.807) is 0 Å². The number of aliphatic hydroxyl groups is 1. The molecule has 1 N–H and O–H groups in total. The van der Waals surface area contributed by atoms with Crippen LogP contribution in [-0.2, 0) is 11.3 Å². The monoisotopic (exact) mass is 249 g/mol. The van der Waals surface area contributed by atoms with Gasteiger partial charge in [-0.05, 0) is 29.0 Å². The third-order valence-electron chi connectivity index (χ3n) is 3.38. The molecule has 0 bridgehead atoms. The van der Waals surface area contributed by atoms with Gasteiger partial charge in [0.1, 0.15) is 11.0 Å². The molecule has 2 heterocycles. The summed E-state index contributed by atoms with van der Waals surface area (Å²) < 4.78 is 10.0. The number of ether oxygens (including phenoxy) is 1. The van der Waals surface area contributed by atoms with Gasteiger partial charge in [0.15, 0.2) is 0 Å². The molecule has 6 heteroatoms. The van der Waals surface area contributed by atoms with Crippen LogP contribution in [0, 0.1) is 0 Å². The molecular formula is C12H15N3O3. The lowest BCUT2D eigenvalue weighted by Gasteiger charge is -2.25. The molecule has 1 aliphatic rings. The fourth-order valence-electron chi connectivity index (χ4n) is 2.33. The molecule has 3 rings (SSSR count). The Morgan fingerprint density at radius 2 is 2.28 bits per heavy atom. The summed E-state index contributed by atoms with van der Waals surface area (Å²) in [6.45, 7) is 1.64. The van der Waals surface area contributed by atoms with Crippen LogP contribution in [0.4, 0.5) is 0 Å². The average Bonchev–Trinajstić information content (AvgIpc) is 2.97. The summed E-state index contributed by atoms with van der Waals surface area (Å²) in [6, 6.07) is 5.81. The summed E-state index contributed by atoms with van der Waals surface area (Å²) in [5.74, 6) is 0. The summed E-state index contributed by atoms with van der Waals surface area (Å²) in [7, 11) is 1.97. The van der Waals surface area contributed by atoms with Gasteiger partial charge in [0.25, 0.3) is 0 Å². The molecule has 0 saturated carbocycles. The highest BCUT2D eigenvalue weighted by molar-refractivity contribution is 5.76. The minimum Gasteiger partial charge on any atom is -0.389 e. The molecule has 1 aromatic heterocycles. The molecule has 1 aromatic carbocycles. The van der Waals surface area contributed by atoms with Crippen molar-refractivity contribution in [3.8, 4) is 0 Å². The van der Waals surface area contributed by atoms with E-state index in [9.17, 15) is 5.11 Å². The van der Waals surface area contributed by atoms with Gasteiger partial charge in [-0.3, -0.25) is 4.90 Å². The molecule has 0 unspecified atom stereocenters. The van der Waals surface area contributed by atoms with Gasteiger partial charge in [0.05, 0.1) is 25.4 Å². The van der Waals surface area contributed by atoms with Gasteiger partial charge in [-0.2, -0.15) is 0 Å². The van der Waals surface area contributed by atoms with Crippen molar-refractivity contribution in [1.82, 2.24) is 15.2 Å². The van der Waals surface area contributed by atoms with Crippen LogP contribution in [0.5, 0.6) is 0 Å². The van der Waals surface area contributed by atoms with Gasteiger partial charge in [0, 0.05) is 6.54 Å². The predicted molar refractivity (Wildman–Crippen MR) is 63.9 cm³/mol. The van der Waals surface area contributed by atoms with E-state index < -0.39 is 6.10 Å². The van der Waals surface area contributed by atoms with E-state index >= 15 is 0 Å². The standard InChI is InChI=1S/C12H15N3O3/c1-15(10-6-17-7-11(10)16)5-8-3-2-4-9-12(8)14-18-13-9/h2-4,10-11,16H,5-7H2,1H3/t10-,11-/m0/s1. The topological polar surface area (TPSA) is 71.6 Å². The first-order valence-electron chi connectivity index (χ1n) is 5.92. The zero-order valence-corrected chi connectivity index (χ0v) is 10.1. The summed E-state index contributed by atoms with van der Waals surface area (Å²) >= 11 is 0. The van der Waals surface area contributed by atoms with E-state index in [1.807, 2.05) is 25.2 Å². The first-order chi connectivity index (χ1) is 8.75. The van der Waals surface area contributed by atoms with Crippen molar-refractivity contribution in [2.75, 3.05) is 20.3 Å². The van der Waals surface area contributed by atoms with E-state index in [-0.39, 0.29) is 6.04 Å². The molecule has 96 valence electrons. The van der Waals surface area contributed by atoms with Crippen molar-refractivity contribution in [2.24, 2.45) is 0 Å². The second-order valence-corrected chi connectivity index (χ2v) is 4.64. The highest BCUT2D eigenvalue weighted by atomic mass is 16.6. The first-order valence-corrected chi connectivity index (χ1v) is 5.92. The van der Waals surface area contributed by atoms with Crippen molar-refractivity contribution in [3.05, 3.63) is 23.8 Å². The van der Waals surface area contributed by atoms with Crippen molar-refractivity contribution in [2.45, 2.75) is 18.7 Å². The van der Waals surface area contributed by atoms with E-state index in [0.717, 1.165) is 16.6 Å². The van der Waals surface area contributed by atoms with Gasteiger partial charge < -0.3 is 9.84 Å². The maximum atomic E-state index is 9.80. The molecule has 6 nitrogen and oxygen atoms in total. The smallest absolute Gasteiger partial charge is 0.139 e. The number of rotatable bonds is 3. The van der Waals surface area contributed by atoms with Crippen LogP contribution >= 0.6 is 0 Å². The molecule has 1 fully saturated rings. The van der Waals surface area contributed by atoms with Crippen molar-refractivity contribution < 1.29 is 14.5 Å². The molecule has 0 aliphatic carbocycles. The normalized spacial score (nSPS) is 24.2. The summed E-state index contributed by atoms with van der Waals surface area (Å²) in [6.07, 6.45) is -0.426. The number of aliphatic hydroxyl groups excluding tert-OH is 1. The first kappa shape index (κ1) is 11.6. The summed E-state index contributed by atoms with van der Waals surface area (Å²) in [5.41, 5.74) is 2.57. The Bertz CT molecular complexity index is 542. The molecule has 1 saturated heterocycles. The zero-order chi connectivity index (χ0) is 12.5. The van der Waals surface area contributed by atoms with Crippen LogP contribution in [0.15, 0.2) is 22.8 Å². The van der Waals surface area contributed by atoms with Gasteiger partial charge in [-0.25, -0.2) is 4.63 Å². The van der Waals surface area contributed by atoms with Gasteiger partial charge in [-0.1, -0.05) is 12.1 Å². The summed E-state index contributed by atoms with van der Waals surface area (Å²) in [4.78, 5) is 2.07. The number of fused-ring (bicyclic) bond motifs is 1. The van der Waals surface area contributed by atoms with Crippen LogP contribution in [-0.4, -0.2) is 52.7 Å². The van der Waals surface area contributed by atoms with Crippen molar-refractivity contribution in [3.63, 3.8) is 0 Å². The van der Waals surface area contributed by atoms with E-state index in [4.69, 9.17) is 9.37 Å². The lowest BCUT2D eigenvalue weighted by molar-refractivity contribution is 0.0926. The number of likely N-dealkylation sites (N-methyl/N-ethyl adjacent to an activating group) is 1. The second-order valence-electron chi connectivity index (χ2n) is 4.64. The Morgan fingerprint density at radius 3 is 3.06 bits per heavy atom. The van der Waals surface area contributed by atoms with E-state index in [1.165, 1.54) is 0 Å². The Balaban J connectivity index is 1.81. The molecule has 2 atom stereocenters. The molecule has 1 aliphatic heterocycles. The van der Waals surface area contributed by atoms with Crippen molar-refractivity contribution >= 4 is 11.0 Å². The molecular weight excluding hydrogens is 234 g/mol. The average molecular weight is 249 g/mol. The molecule has 0 amide bonds. The minimum atomic E-state index is -0.426. The van der Waals surface area contributed by atoms with Crippen LogP contribution in [0.1, 0.15) is 5.56 Å². The fraction of sp³-hybridized carbons (Fsp3) is 0.500. The summed E-state index contributed by atoms with van der Waals surface area (Å²) in [5, 5.41) is 17.5. The predicted octanol–water partition coefficient (Wildman–Crippen LogP) is 0.414. The quantitative estimate of drug-likeness (QED) is 0.849. The fourth-order valence-corrected chi connectivity index (χ4v) is 2.33. The van der Waals surface area contributed by atoms with Crippen molar-refractivity contribution in [1.29, 1.82) is 0 Å². The zero-order valence-electron chi connectivity index (χ0n) is 10.1. The molecule has 2 aromatic rings. The highest BCUT2D eigenvalue weighted by Crippen LogP contribution is 2.19. The Kier molecular flexibility index (Phi) is 2.99. The van der Waals surface area contributed by atoms with Gasteiger partial charge in [0.2, 0.25) is 0 Å². The number of nitrogens with zero attached hydrogens (tertiary/aromatic N) is 3. The van der Waals surface area contributed by atoms with Gasteiger partial charge in [-0.15, -0.1) is 0 Å². The number of aromatic nitrogens is 2. The molecule has 0 radical (unpaired) electrons. The highest BCUT2D eigenvalue weighted by Gasteiger charge is 2.29. The lowest BCUT2D eigenvalue weighted by Crippen LogP contribution is -2.39. The third-order valence-corrected chi connectivity index (χ3v) is 3.38. The SMILES string of the molecule is CN(Cc1cccc2nonc12)[C@H]1COC[C@@H]1O. The molecule has 0 spiro atoms.